The van der Waals surface area contributed by atoms with Crippen LogP contribution >= 0.6 is 11.8 Å². The number of anilines is 2. The molecule has 0 bridgehead atoms. The molecule has 0 heterocycles. The topological polar surface area (TPSA) is 55.1 Å². The van der Waals surface area contributed by atoms with Crippen molar-refractivity contribution in [3.05, 3.63) is 54.1 Å². The Hall–Kier alpha value is -1.94. The first-order valence-electron chi connectivity index (χ1n) is 5.96. The van der Waals surface area contributed by atoms with Crippen molar-refractivity contribution >= 4 is 29.0 Å². The van der Waals surface area contributed by atoms with Gasteiger partial charge in [-0.05, 0) is 42.2 Å². The van der Waals surface area contributed by atoms with Crippen LogP contribution in [-0.2, 0) is 11.2 Å². The summed E-state index contributed by atoms with van der Waals surface area (Å²) in [5, 5.41) is 2.90. The molecule has 2 aromatic rings. The average molecular weight is 272 g/mol. The minimum atomic E-state index is -0.0250. The Bertz CT molecular complexity index is 567. The van der Waals surface area contributed by atoms with Crippen LogP contribution in [0.1, 0.15) is 5.56 Å². The molecule has 0 radical (unpaired) electrons. The molecule has 4 heteroatoms. The molecule has 0 aromatic heterocycles. The molecular weight excluding hydrogens is 256 g/mol. The van der Waals surface area contributed by atoms with E-state index in [2.05, 4.69) is 5.32 Å². The predicted octanol–water partition coefficient (Wildman–Crippen LogP) is 3.17. The lowest BCUT2D eigenvalue weighted by atomic mass is 10.1. The normalized spacial score (nSPS) is 10.2. The maximum Gasteiger partial charge on any atom is 0.228 e. The number of nitrogen functional groups attached to an aromatic ring is 1. The van der Waals surface area contributed by atoms with E-state index in [9.17, 15) is 4.79 Å². The molecule has 0 fully saturated rings. The van der Waals surface area contributed by atoms with Gasteiger partial charge in [-0.1, -0.05) is 18.2 Å². The molecule has 0 saturated carbocycles. The number of hydrogen-bond acceptors (Lipinski definition) is 3. The van der Waals surface area contributed by atoms with Crippen molar-refractivity contribution in [1.29, 1.82) is 0 Å². The number of hydrogen-bond donors (Lipinski definition) is 2. The Kier molecular flexibility index (Phi) is 4.47. The van der Waals surface area contributed by atoms with Crippen LogP contribution in [0, 0.1) is 0 Å². The lowest BCUT2D eigenvalue weighted by Gasteiger charge is -2.06. The summed E-state index contributed by atoms with van der Waals surface area (Å²) in [4.78, 5) is 13.0. The molecule has 0 aliphatic carbocycles. The molecule has 98 valence electrons. The maximum absolute atomic E-state index is 11.9. The van der Waals surface area contributed by atoms with E-state index < -0.39 is 0 Å². The molecular formula is C15H16N2OS. The first-order chi connectivity index (χ1) is 9.17. The molecule has 2 aromatic carbocycles. The summed E-state index contributed by atoms with van der Waals surface area (Å²) in [6.07, 6.45) is 2.36. The summed E-state index contributed by atoms with van der Waals surface area (Å²) in [6, 6.07) is 15.1. The van der Waals surface area contributed by atoms with Crippen molar-refractivity contribution in [2.75, 3.05) is 17.3 Å². The number of thioether (sulfide) groups is 1. The largest absolute Gasteiger partial charge is 0.399 e. The van der Waals surface area contributed by atoms with E-state index in [1.165, 1.54) is 0 Å². The number of nitrogens with one attached hydrogen (secondary N) is 1. The SMILES string of the molecule is CSc1cccc(NC(=O)Cc2ccc(N)cc2)c1. The second-order valence-corrected chi connectivity index (χ2v) is 5.08. The van der Waals surface area contributed by atoms with Gasteiger partial charge >= 0.3 is 0 Å². The van der Waals surface area contributed by atoms with Crippen molar-refractivity contribution < 1.29 is 4.79 Å². The fourth-order valence-electron chi connectivity index (χ4n) is 1.73. The van der Waals surface area contributed by atoms with E-state index in [1.807, 2.05) is 42.7 Å². The molecule has 0 aliphatic rings. The summed E-state index contributed by atoms with van der Waals surface area (Å²) in [7, 11) is 0. The molecule has 0 atom stereocenters. The second-order valence-electron chi connectivity index (χ2n) is 4.20. The minimum absolute atomic E-state index is 0.0250. The monoisotopic (exact) mass is 272 g/mol. The molecule has 0 saturated heterocycles. The molecule has 3 nitrogen and oxygen atoms in total. The zero-order valence-corrected chi connectivity index (χ0v) is 11.5. The van der Waals surface area contributed by atoms with Gasteiger partial charge in [-0.3, -0.25) is 4.79 Å². The van der Waals surface area contributed by atoms with Crippen LogP contribution in [0.3, 0.4) is 0 Å². The summed E-state index contributed by atoms with van der Waals surface area (Å²) in [6.45, 7) is 0. The minimum Gasteiger partial charge on any atom is -0.399 e. The van der Waals surface area contributed by atoms with Gasteiger partial charge in [0.25, 0.3) is 0 Å². The number of amides is 1. The van der Waals surface area contributed by atoms with Gasteiger partial charge in [0.1, 0.15) is 0 Å². The van der Waals surface area contributed by atoms with Crippen LogP contribution in [0.15, 0.2) is 53.4 Å². The Morgan fingerprint density at radius 2 is 1.95 bits per heavy atom. The summed E-state index contributed by atoms with van der Waals surface area (Å²) in [5.41, 5.74) is 8.09. The molecule has 19 heavy (non-hydrogen) atoms. The smallest absolute Gasteiger partial charge is 0.228 e. The van der Waals surface area contributed by atoms with Gasteiger partial charge in [-0.25, -0.2) is 0 Å². The summed E-state index contributed by atoms with van der Waals surface area (Å²) in [5.74, 6) is -0.0250. The van der Waals surface area contributed by atoms with Gasteiger partial charge in [-0.2, -0.15) is 0 Å². The van der Waals surface area contributed by atoms with Crippen molar-refractivity contribution in [2.45, 2.75) is 11.3 Å². The number of carbonyl (C=O) groups excluding carboxylic acids is 1. The van der Waals surface area contributed by atoms with E-state index in [-0.39, 0.29) is 5.91 Å². The van der Waals surface area contributed by atoms with Gasteiger partial charge in [0.2, 0.25) is 5.91 Å². The fraction of sp³-hybridized carbons (Fsp3) is 0.133. The van der Waals surface area contributed by atoms with Crippen LogP contribution in [-0.4, -0.2) is 12.2 Å². The van der Waals surface area contributed by atoms with E-state index in [0.717, 1.165) is 16.1 Å². The second kappa shape index (κ2) is 6.29. The van der Waals surface area contributed by atoms with Gasteiger partial charge in [0.05, 0.1) is 6.42 Å². The lowest BCUT2D eigenvalue weighted by molar-refractivity contribution is -0.115. The Labute approximate surface area is 117 Å². The summed E-state index contributed by atoms with van der Waals surface area (Å²) >= 11 is 1.65. The Morgan fingerprint density at radius 3 is 2.63 bits per heavy atom. The first-order valence-corrected chi connectivity index (χ1v) is 7.18. The Balaban J connectivity index is 1.99. The van der Waals surface area contributed by atoms with Crippen LogP contribution < -0.4 is 11.1 Å². The van der Waals surface area contributed by atoms with Crippen molar-refractivity contribution in [2.24, 2.45) is 0 Å². The average Bonchev–Trinajstić information content (AvgIpc) is 2.41. The maximum atomic E-state index is 11.9. The van der Waals surface area contributed by atoms with Gasteiger partial charge in [0.15, 0.2) is 0 Å². The fourth-order valence-corrected chi connectivity index (χ4v) is 2.19. The standard InChI is InChI=1S/C15H16N2OS/c1-19-14-4-2-3-13(10-14)17-15(18)9-11-5-7-12(16)8-6-11/h2-8,10H,9,16H2,1H3,(H,17,18). The molecule has 1 amide bonds. The highest BCUT2D eigenvalue weighted by Crippen LogP contribution is 2.19. The molecule has 3 N–H and O–H groups in total. The van der Waals surface area contributed by atoms with Crippen LogP contribution in [0.5, 0.6) is 0 Å². The predicted molar refractivity (Wildman–Crippen MR) is 81.4 cm³/mol. The quantitative estimate of drug-likeness (QED) is 0.664. The number of benzene rings is 2. The number of nitrogens with two attached hydrogens (primary N) is 1. The van der Waals surface area contributed by atoms with Crippen molar-refractivity contribution in [1.82, 2.24) is 0 Å². The summed E-state index contributed by atoms with van der Waals surface area (Å²) < 4.78 is 0. The van der Waals surface area contributed by atoms with Gasteiger partial charge in [0, 0.05) is 16.3 Å². The highest BCUT2D eigenvalue weighted by molar-refractivity contribution is 7.98. The highest BCUT2D eigenvalue weighted by atomic mass is 32.2. The molecule has 0 aliphatic heterocycles. The molecule has 0 unspecified atom stereocenters. The van der Waals surface area contributed by atoms with Crippen LogP contribution in [0.2, 0.25) is 0 Å². The van der Waals surface area contributed by atoms with Crippen molar-refractivity contribution in [3.63, 3.8) is 0 Å². The molecule has 2 rings (SSSR count). The van der Waals surface area contributed by atoms with E-state index in [1.54, 1.807) is 23.9 Å². The molecule has 0 spiro atoms. The van der Waals surface area contributed by atoms with E-state index in [4.69, 9.17) is 5.73 Å². The van der Waals surface area contributed by atoms with E-state index in [0.29, 0.717) is 12.1 Å². The van der Waals surface area contributed by atoms with Gasteiger partial charge in [-0.15, -0.1) is 11.8 Å². The zero-order valence-electron chi connectivity index (χ0n) is 10.7. The Morgan fingerprint density at radius 1 is 1.21 bits per heavy atom. The van der Waals surface area contributed by atoms with Crippen molar-refractivity contribution in [3.8, 4) is 0 Å². The zero-order chi connectivity index (χ0) is 13.7. The van der Waals surface area contributed by atoms with E-state index >= 15 is 0 Å². The first kappa shape index (κ1) is 13.5. The highest BCUT2D eigenvalue weighted by Gasteiger charge is 2.04. The third kappa shape index (κ3) is 4.03. The number of carbonyl (C=O) groups is 1. The number of rotatable bonds is 4. The van der Waals surface area contributed by atoms with Crippen LogP contribution in [0.25, 0.3) is 0 Å². The third-order valence-electron chi connectivity index (χ3n) is 2.70. The third-order valence-corrected chi connectivity index (χ3v) is 3.42. The van der Waals surface area contributed by atoms with Gasteiger partial charge < -0.3 is 11.1 Å². The lowest BCUT2D eigenvalue weighted by Crippen LogP contribution is -2.14. The van der Waals surface area contributed by atoms with Crippen LogP contribution in [0.4, 0.5) is 11.4 Å².